The second-order valence-electron chi connectivity index (χ2n) is 13.6. The molecule has 3 unspecified atom stereocenters. The molecule has 0 spiro atoms. The smallest absolute Gasteiger partial charge is 0.462 e. The molecule has 0 radical (unpaired) electrons. The number of unbranched alkanes of at least 4 members (excludes halogenated alkanes) is 16. The van der Waals surface area contributed by atoms with Gasteiger partial charge in [0.05, 0.1) is 19.8 Å². The zero-order chi connectivity index (χ0) is 39.1. The van der Waals surface area contributed by atoms with Gasteiger partial charge in [-0.15, -0.1) is 0 Å². The molecule has 308 valence electrons. The third kappa shape index (κ3) is 38.0. The van der Waals surface area contributed by atoms with E-state index in [9.17, 15) is 24.2 Å². The van der Waals surface area contributed by atoms with Gasteiger partial charge in [0.25, 0.3) is 0 Å². The van der Waals surface area contributed by atoms with E-state index in [-0.39, 0.29) is 19.4 Å². The molecule has 0 aliphatic carbocycles. The number of carbonyl (C=O) groups excluding carboxylic acids is 2. The predicted molar refractivity (Wildman–Crippen MR) is 214 cm³/mol. The van der Waals surface area contributed by atoms with Crippen molar-refractivity contribution in [2.24, 2.45) is 0 Å². The van der Waals surface area contributed by atoms with Crippen molar-refractivity contribution in [3.8, 4) is 0 Å². The van der Waals surface area contributed by atoms with E-state index >= 15 is 0 Å². The summed E-state index contributed by atoms with van der Waals surface area (Å²) in [6.45, 7) is 2.23. The summed E-state index contributed by atoms with van der Waals surface area (Å²) < 4.78 is 32.6. The van der Waals surface area contributed by atoms with Gasteiger partial charge in [-0.1, -0.05) is 152 Å². The number of esters is 2. The van der Waals surface area contributed by atoms with Gasteiger partial charge in [0.1, 0.15) is 12.7 Å². The molecule has 53 heavy (non-hydrogen) atoms. The summed E-state index contributed by atoms with van der Waals surface area (Å²) in [7, 11) is -4.62. The van der Waals surface area contributed by atoms with Crippen LogP contribution in [0, 0.1) is 0 Å². The molecule has 0 aromatic rings. The standard InChI is InChI=1S/C42H75O10P/c1-3-5-7-9-11-13-15-17-18-19-20-22-24-26-28-30-32-34-42(46)52-40(38-51-53(47,48)50-36-39(44)35-43)37-49-41(45)33-31-29-27-25-23-21-16-14-12-10-8-6-4-2/h5,7,11,13,17-18,20,22,39-40,43-44H,3-4,6,8-10,12,14-16,19,21,23-38H2,1-2H3,(H,47,48)/b7-5-,13-11-,18-17-,22-20-. The van der Waals surface area contributed by atoms with E-state index < -0.39 is 51.8 Å². The molecule has 0 fully saturated rings. The molecule has 3 atom stereocenters. The molecule has 0 bridgehead atoms. The fourth-order valence-corrected chi connectivity index (χ4v) is 6.13. The Morgan fingerprint density at radius 1 is 0.585 bits per heavy atom. The van der Waals surface area contributed by atoms with Crippen LogP contribution >= 0.6 is 7.82 Å². The largest absolute Gasteiger partial charge is 0.472 e. The molecule has 11 heteroatoms. The quantitative estimate of drug-likeness (QED) is 0.0240. The second-order valence-corrected chi connectivity index (χ2v) is 15.1. The molecule has 0 aliphatic rings. The Labute approximate surface area is 322 Å². The van der Waals surface area contributed by atoms with Crippen LogP contribution in [0.2, 0.25) is 0 Å². The van der Waals surface area contributed by atoms with Crippen molar-refractivity contribution in [2.75, 3.05) is 26.4 Å². The highest BCUT2D eigenvalue weighted by atomic mass is 31.2. The van der Waals surface area contributed by atoms with E-state index in [2.05, 4.69) is 67.0 Å². The third-order valence-corrected chi connectivity index (χ3v) is 9.45. The lowest BCUT2D eigenvalue weighted by Crippen LogP contribution is -2.29. The Kier molecular flexibility index (Phi) is 36.7. The zero-order valence-corrected chi connectivity index (χ0v) is 34.1. The van der Waals surface area contributed by atoms with Crippen LogP contribution in [0.15, 0.2) is 48.6 Å². The fourth-order valence-electron chi connectivity index (χ4n) is 5.34. The second kappa shape index (κ2) is 38.2. The van der Waals surface area contributed by atoms with Crippen LogP contribution in [0.1, 0.15) is 168 Å². The van der Waals surface area contributed by atoms with Gasteiger partial charge in [-0.2, -0.15) is 0 Å². The molecular formula is C42H75O10P. The van der Waals surface area contributed by atoms with Gasteiger partial charge < -0.3 is 24.6 Å². The highest BCUT2D eigenvalue weighted by Crippen LogP contribution is 2.43. The van der Waals surface area contributed by atoms with Crippen LogP contribution < -0.4 is 0 Å². The molecular weight excluding hydrogens is 695 g/mol. The first-order chi connectivity index (χ1) is 25.7. The summed E-state index contributed by atoms with van der Waals surface area (Å²) in [5, 5.41) is 18.3. The molecule has 3 N–H and O–H groups in total. The number of hydrogen-bond acceptors (Lipinski definition) is 9. The average molecular weight is 771 g/mol. The van der Waals surface area contributed by atoms with Crippen molar-refractivity contribution in [1.29, 1.82) is 0 Å². The molecule has 0 rings (SSSR count). The van der Waals surface area contributed by atoms with Crippen molar-refractivity contribution in [1.82, 2.24) is 0 Å². The Morgan fingerprint density at radius 2 is 1.04 bits per heavy atom. The Balaban J connectivity index is 4.37. The lowest BCUT2D eigenvalue weighted by Gasteiger charge is -2.20. The number of carbonyl (C=O) groups is 2. The number of hydrogen-bond donors (Lipinski definition) is 3. The van der Waals surface area contributed by atoms with E-state index in [1.54, 1.807) is 0 Å². The van der Waals surface area contributed by atoms with Gasteiger partial charge >= 0.3 is 19.8 Å². The number of aliphatic hydroxyl groups is 2. The molecule has 0 saturated heterocycles. The Morgan fingerprint density at radius 3 is 1.57 bits per heavy atom. The van der Waals surface area contributed by atoms with Crippen molar-refractivity contribution in [3.05, 3.63) is 48.6 Å². The average Bonchev–Trinajstić information content (AvgIpc) is 3.14. The van der Waals surface area contributed by atoms with E-state index in [0.29, 0.717) is 12.8 Å². The van der Waals surface area contributed by atoms with E-state index in [4.69, 9.17) is 19.1 Å². The summed E-state index contributed by atoms with van der Waals surface area (Å²) in [5.74, 6) is -0.952. The van der Waals surface area contributed by atoms with Crippen LogP contribution in [0.4, 0.5) is 0 Å². The number of allylic oxidation sites excluding steroid dienone is 8. The van der Waals surface area contributed by atoms with Crippen LogP contribution in [-0.2, 0) is 32.7 Å². The number of phosphoric ester groups is 1. The predicted octanol–water partition coefficient (Wildman–Crippen LogP) is 10.6. The lowest BCUT2D eigenvalue weighted by atomic mass is 10.0. The third-order valence-electron chi connectivity index (χ3n) is 8.50. The van der Waals surface area contributed by atoms with E-state index in [1.807, 2.05) is 0 Å². The van der Waals surface area contributed by atoms with Gasteiger partial charge in [-0.05, 0) is 51.4 Å². The van der Waals surface area contributed by atoms with Gasteiger partial charge in [-0.25, -0.2) is 4.57 Å². The maximum absolute atomic E-state index is 12.6. The van der Waals surface area contributed by atoms with Crippen LogP contribution in [0.3, 0.4) is 0 Å². The van der Waals surface area contributed by atoms with Crippen LogP contribution in [-0.4, -0.2) is 65.7 Å². The molecule has 0 amide bonds. The molecule has 0 aromatic carbocycles. The summed E-state index contributed by atoms with van der Waals surface area (Å²) in [6.07, 6.45) is 39.3. The highest BCUT2D eigenvalue weighted by molar-refractivity contribution is 7.47. The summed E-state index contributed by atoms with van der Waals surface area (Å²) in [5.41, 5.74) is 0. The minimum Gasteiger partial charge on any atom is -0.462 e. The fraction of sp³-hybridized carbons (Fsp3) is 0.762. The minimum atomic E-state index is -4.62. The SMILES string of the molecule is CC/C=C\C/C=C\C/C=C\C/C=C\CCCCCCC(=O)OC(COC(=O)CCCCCCCCCCCCCCC)COP(=O)(O)OCC(O)CO. The highest BCUT2D eigenvalue weighted by Gasteiger charge is 2.27. The van der Waals surface area contributed by atoms with Crippen LogP contribution in [0.5, 0.6) is 0 Å². The van der Waals surface area contributed by atoms with Crippen LogP contribution in [0.25, 0.3) is 0 Å². The monoisotopic (exact) mass is 771 g/mol. The number of ether oxygens (including phenoxy) is 2. The molecule has 0 aromatic heterocycles. The maximum atomic E-state index is 12.6. The van der Waals surface area contributed by atoms with Crippen molar-refractivity contribution < 1.29 is 47.8 Å². The number of rotatable bonds is 38. The Hall–Kier alpha value is -2.07. The maximum Gasteiger partial charge on any atom is 0.472 e. The first-order valence-electron chi connectivity index (χ1n) is 20.6. The topological polar surface area (TPSA) is 149 Å². The summed E-state index contributed by atoms with van der Waals surface area (Å²) in [4.78, 5) is 34.9. The lowest BCUT2D eigenvalue weighted by molar-refractivity contribution is -0.161. The number of phosphoric acid groups is 1. The van der Waals surface area contributed by atoms with E-state index in [0.717, 1.165) is 70.6 Å². The van der Waals surface area contributed by atoms with Crippen molar-refractivity contribution in [2.45, 2.75) is 180 Å². The Bertz CT molecular complexity index is 1030. The van der Waals surface area contributed by atoms with E-state index in [1.165, 1.54) is 57.8 Å². The van der Waals surface area contributed by atoms with Gasteiger partial charge in [0.2, 0.25) is 0 Å². The summed E-state index contributed by atoms with van der Waals surface area (Å²) in [6, 6.07) is 0. The normalized spacial score (nSPS) is 14.4. The zero-order valence-electron chi connectivity index (χ0n) is 33.2. The first-order valence-corrected chi connectivity index (χ1v) is 22.1. The molecule has 0 saturated carbocycles. The van der Waals surface area contributed by atoms with Gasteiger partial charge in [-0.3, -0.25) is 18.6 Å². The van der Waals surface area contributed by atoms with Gasteiger partial charge in [0, 0.05) is 12.8 Å². The van der Waals surface area contributed by atoms with Crippen molar-refractivity contribution in [3.63, 3.8) is 0 Å². The molecule has 10 nitrogen and oxygen atoms in total. The summed E-state index contributed by atoms with van der Waals surface area (Å²) >= 11 is 0. The minimum absolute atomic E-state index is 0.156. The van der Waals surface area contributed by atoms with Gasteiger partial charge in [0.15, 0.2) is 6.10 Å². The molecule has 0 heterocycles. The molecule has 0 aliphatic heterocycles. The number of aliphatic hydroxyl groups excluding tert-OH is 2. The first kappa shape index (κ1) is 50.9. The van der Waals surface area contributed by atoms with Crippen molar-refractivity contribution >= 4 is 19.8 Å².